The number of amides is 5. The van der Waals surface area contributed by atoms with E-state index in [1.165, 1.54) is 4.90 Å². The van der Waals surface area contributed by atoms with Crippen LogP contribution in [0.5, 0.6) is 11.5 Å². The Balaban J connectivity index is 1.84. The van der Waals surface area contributed by atoms with Gasteiger partial charge in [-0.25, -0.2) is 9.59 Å². The van der Waals surface area contributed by atoms with E-state index in [9.17, 15) is 19.5 Å². The number of carbonyl (C=O) groups excluding carboxylic acids is 3. The number of nitrogens with zero attached hydrogens (tertiary/aromatic N) is 2. The molecule has 4 N–H and O–H groups in total. The van der Waals surface area contributed by atoms with Gasteiger partial charge in [0.25, 0.3) is 0 Å². The molecule has 11 heteroatoms. The first-order valence-electron chi connectivity index (χ1n) is 13.4. The molecular formula is C29H41N5O6. The zero-order chi connectivity index (χ0) is 29.4. The number of anilines is 2. The van der Waals surface area contributed by atoms with Gasteiger partial charge in [-0.1, -0.05) is 6.92 Å². The van der Waals surface area contributed by atoms with Gasteiger partial charge in [0.2, 0.25) is 5.91 Å². The molecule has 2 aromatic carbocycles. The van der Waals surface area contributed by atoms with Gasteiger partial charge in [-0.3, -0.25) is 4.79 Å². The number of benzene rings is 2. The van der Waals surface area contributed by atoms with Crippen LogP contribution in [0.25, 0.3) is 0 Å². The van der Waals surface area contributed by atoms with Crippen LogP contribution in [0.4, 0.5) is 21.0 Å². The summed E-state index contributed by atoms with van der Waals surface area (Å²) in [5.41, 5.74) is 1.75. The molecule has 0 unspecified atom stereocenters. The van der Waals surface area contributed by atoms with Crippen molar-refractivity contribution in [2.75, 3.05) is 44.5 Å². The minimum absolute atomic E-state index is 0.0348. The van der Waals surface area contributed by atoms with Crippen molar-refractivity contribution in [3.8, 4) is 11.5 Å². The molecule has 0 fully saturated rings. The predicted molar refractivity (Wildman–Crippen MR) is 154 cm³/mol. The van der Waals surface area contributed by atoms with Gasteiger partial charge < -0.3 is 40.3 Å². The van der Waals surface area contributed by atoms with Crippen molar-refractivity contribution in [2.45, 2.75) is 52.3 Å². The number of rotatable bonds is 8. The van der Waals surface area contributed by atoms with Gasteiger partial charge in [0.15, 0.2) is 0 Å². The van der Waals surface area contributed by atoms with Gasteiger partial charge in [0.1, 0.15) is 17.6 Å². The summed E-state index contributed by atoms with van der Waals surface area (Å²) in [4.78, 5) is 41.8. The van der Waals surface area contributed by atoms with E-state index in [0.717, 1.165) is 0 Å². The van der Waals surface area contributed by atoms with Crippen molar-refractivity contribution < 1.29 is 29.0 Å². The fourth-order valence-corrected chi connectivity index (χ4v) is 4.40. The first-order valence-corrected chi connectivity index (χ1v) is 13.4. The Labute approximate surface area is 235 Å². The molecule has 1 heterocycles. The van der Waals surface area contributed by atoms with Crippen molar-refractivity contribution in [3.05, 3.63) is 48.0 Å². The summed E-state index contributed by atoms with van der Waals surface area (Å²) in [7, 11) is 3.26. The minimum atomic E-state index is -0.465. The van der Waals surface area contributed by atoms with Crippen LogP contribution in [-0.4, -0.2) is 84.9 Å². The van der Waals surface area contributed by atoms with Gasteiger partial charge in [-0.15, -0.1) is 0 Å². The maximum atomic E-state index is 13.4. The van der Waals surface area contributed by atoms with Crippen LogP contribution in [0.2, 0.25) is 0 Å². The summed E-state index contributed by atoms with van der Waals surface area (Å²) in [5, 5.41) is 18.3. The van der Waals surface area contributed by atoms with Gasteiger partial charge in [-0.05, 0) is 63.2 Å². The zero-order valence-corrected chi connectivity index (χ0v) is 24.1. The SMILES string of the molecule is COc1ccc(NC(=O)N(C)C[C@@H]2Oc3ccc(NC(=O)NC(C)C)cc3CC(=O)N([C@@H](C)CO)C[C@@H]2C)cc1. The monoisotopic (exact) mass is 555 g/mol. The second-order valence-electron chi connectivity index (χ2n) is 10.5. The number of fused-ring (bicyclic) bond motifs is 1. The van der Waals surface area contributed by atoms with Crippen molar-refractivity contribution in [2.24, 2.45) is 5.92 Å². The topological polar surface area (TPSA) is 132 Å². The van der Waals surface area contributed by atoms with Crippen molar-refractivity contribution >= 4 is 29.3 Å². The summed E-state index contributed by atoms with van der Waals surface area (Å²) >= 11 is 0. The van der Waals surface area contributed by atoms with Crippen LogP contribution >= 0.6 is 0 Å². The number of carbonyl (C=O) groups is 3. The Morgan fingerprint density at radius 2 is 1.80 bits per heavy atom. The Kier molecular flexibility index (Phi) is 10.6. The maximum absolute atomic E-state index is 13.4. The first-order chi connectivity index (χ1) is 19.0. The molecular weight excluding hydrogens is 514 g/mol. The molecule has 0 aromatic heterocycles. The third kappa shape index (κ3) is 8.25. The standard InChI is InChI=1S/C29H41N5O6/c1-18(2)30-28(37)31-23-9-12-25-21(13-23)14-27(36)34(20(4)17-35)15-19(3)26(40-25)16-33(5)29(38)32-22-7-10-24(39-6)11-8-22/h7-13,18-20,26,35H,14-17H2,1-6H3,(H,32,38)(H2,30,31,37)/t19-,20-,26-/m0/s1. The van der Waals surface area contributed by atoms with E-state index < -0.39 is 12.1 Å². The summed E-state index contributed by atoms with van der Waals surface area (Å²) in [6.45, 7) is 7.89. The molecule has 3 atom stereocenters. The molecule has 0 saturated heterocycles. The Morgan fingerprint density at radius 3 is 2.42 bits per heavy atom. The molecule has 0 aliphatic carbocycles. The van der Waals surface area contributed by atoms with E-state index in [1.54, 1.807) is 68.4 Å². The highest BCUT2D eigenvalue weighted by atomic mass is 16.5. The fraction of sp³-hybridized carbons (Fsp3) is 0.483. The summed E-state index contributed by atoms with van der Waals surface area (Å²) in [6, 6.07) is 11.1. The Bertz CT molecular complexity index is 1170. The third-order valence-electron chi connectivity index (χ3n) is 6.74. The lowest BCUT2D eigenvalue weighted by atomic mass is 10.0. The van der Waals surface area contributed by atoms with Crippen molar-refractivity contribution in [3.63, 3.8) is 0 Å². The second kappa shape index (κ2) is 13.9. The number of nitrogens with one attached hydrogen (secondary N) is 3. The summed E-state index contributed by atoms with van der Waals surface area (Å²) in [5.74, 6) is 0.860. The van der Waals surface area contributed by atoms with E-state index in [4.69, 9.17) is 9.47 Å². The highest BCUT2D eigenvalue weighted by Gasteiger charge is 2.32. The van der Waals surface area contributed by atoms with E-state index >= 15 is 0 Å². The molecule has 3 rings (SSSR count). The number of urea groups is 2. The molecule has 5 amide bonds. The third-order valence-corrected chi connectivity index (χ3v) is 6.74. The molecule has 11 nitrogen and oxygen atoms in total. The number of hydrogen-bond acceptors (Lipinski definition) is 6. The minimum Gasteiger partial charge on any atom is -0.497 e. The normalized spacial score (nSPS) is 17.9. The van der Waals surface area contributed by atoms with Crippen LogP contribution < -0.4 is 25.4 Å². The lowest BCUT2D eigenvalue weighted by Crippen LogP contribution is -2.48. The molecule has 40 heavy (non-hydrogen) atoms. The van der Waals surface area contributed by atoms with Crippen LogP contribution in [-0.2, 0) is 11.2 Å². The predicted octanol–water partition coefficient (Wildman–Crippen LogP) is 3.54. The number of aliphatic hydroxyl groups is 1. The molecule has 2 aromatic rings. The quantitative estimate of drug-likeness (QED) is 0.394. The van der Waals surface area contributed by atoms with Gasteiger partial charge in [0, 0.05) is 42.5 Å². The number of likely N-dealkylation sites (N-methyl/N-ethyl adjacent to an activating group) is 1. The molecule has 0 bridgehead atoms. The lowest BCUT2D eigenvalue weighted by Gasteiger charge is -2.34. The molecule has 1 aliphatic heterocycles. The van der Waals surface area contributed by atoms with E-state index in [2.05, 4.69) is 16.0 Å². The molecule has 0 saturated carbocycles. The summed E-state index contributed by atoms with van der Waals surface area (Å²) < 4.78 is 11.6. The number of ether oxygens (including phenoxy) is 2. The van der Waals surface area contributed by atoms with E-state index in [0.29, 0.717) is 35.0 Å². The van der Waals surface area contributed by atoms with Crippen molar-refractivity contribution in [1.82, 2.24) is 15.1 Å². The van der Waals surface area contributed by atoms with Crippen molar-refractivity contribution in [1.29, 1.82) is 0 Å². The largest absolute Gasteiger partial charge is 0.497 e. The van der Waals surface area contributed by atoms with Crippen LogP contribution in [0.3, 0.4) is 0 Å². The molecule has 0 spiro atoms. The number of aliphatic hydroxyl groups excluding tert-OH is 1. The highest BCUT2D eigenvalue weighted by molar-refractivity contribution is 5.90. The van der Waals surface area contributed by atoms with Gasteiger partial charge >= 0.3 is 12.1 Å². The van der Waals surface area contributed by atoms with Crippen LogP contribution in [0.1, 0.15) is 33.3 Å². The average Bonchev–Trinajstić information content (AvgIpc) is 2.95. The van der Waals surface area contributed by atoms with Gasteiger partial charge in [0.05, 0.1) is 32.7 Å². The van der Waals surface area contributed by atoms with Crippen LogP contribution in [0, 0.1) is 5.92 Å². The lowest BCUT2D eigenvalue weighted by molar-refractivity contribution is -0.134. The summed E-state index contributed by atoms with van der Waals surface area (Å²) in [6.07, 6.45) is -0.429. The average molecular weight is 556 g/mol. The highest BCUT2D eigenvalue weighted by Crippen LogP contribution is 2.29. The maximum Gasteiger partial charge on any atom is 0.321 e. The van der Waals surface area contributed by atoms with Gasteiger partial charge in [-0.2, -0.15) is 0 Å². The molecule has 218 valence electrons. The number of methoxy groups -OCH3 is 1. The zero-order valence-electron chi connectivity index (χ0n) is 24.1. The first kappa shape index (κ1) is 30.6. The van der Waals surface area contributed by atoms with E-state index in [1.807, 2.05) is 20.8 Å². The fourth-order valence-electron chi connectivity index (χ4n) is 4.40. The Morgan fingerprint density at radius 1 is 1.12 bits per heavy atom. The van der Waals surface area contributed by atoms with E-state index in [-0.39, 0.29) is 49.5 Å². The smallest absolute Gasteiger partial charge is 0.321 e. The Hall–Kier alpha value is -3.99. The number of hydrogen-bond donors (Lipinski definition) is 4. The van der Waals surface area contributed by atoms with Crippen LogP contribution in [0.15, 0.2) is 42.5 Å². The molecule has 0 radical (unpaired) electrons. The molecule has 1 aliphatic rings. The second-order valence-corrected chi connectivity index (χ2v) is 10.5.